The van der Waals surface area contributed by atoms with Gasteiger partial charge >= 0.3 is 0 Å². The molecule has 4 rings (SSSR count). The maximum atomic E-state index is 12.9. The first-order chi connectivity index (χ1) is 12.3. The second kappa shape index (κ2) is 6.64. The van der Waals surface area contributed by atoms with Gasteiger partial charge in [0.2, 0.25) is 12.7 Å². The van der Waals surface area contributed by atoms with Gasteiger partial charge in [0.1, 0.15) is 11.6 Å². The standard InChI is InChI=1S/C18H15FN4O2/c19-13-3-1-12(2-4-13)10-21-17-7-8-20-18(23-17)22-14-5-6-15-16(9-14)25-11-24-15/h1-9H,10-11H2,(H2,20,21,22,23). The number of nitrogens with one attached hydrogen (secondary N) is 2. The highest BCUT2D eigenvalue weighted by Crippen LogP contribution is 2.34. The SMILES string of the molecule is Fc1ccc(CNc2ccnc(Nc3ccc4c(c3)OCO4)n2)cc1. The summed E-state index contributed by atoms with van der Waals surface area (Å²) in [5.41, 5.74) is 1.77. The fraction of sp³-hybridized carbons (Fsp3) is 0.111. The number of hydrogen-bond donors (Lipinski definition) is 2. The van der Waals surface area contributed by atoms with E-state index in [0.29, 0.717) is 24.1 Å². The number of aromatic nitrogens is 2. The van der Waals surface area contributed by atoms with Gasteiger partial charge in [-0.15, -0.1) is 0 Å². The van der Waals surface area contributed by atoms with Gasteiger partial charge in [0.15, 0.2) is 11.5 Å². The quantitative estimate of drug-likeness (QED) is 0.739. The van der Waals surface area contributed by atoms with Crippen molar-refractivity contribution in [3.05, 3.63) is 66.1 Å². The van der Waals surface area contributed by atoms with Crippen molar-refractivity contribution in [1.82, 2.24) is 9.97 Å². The second-order valence-electron chi connectivity index (χ2n) is 5.44. The molecular formula is C18H15FN4O2. The summed E-state index contributed by atoms with van der Waals surface area (Å²) < 4.78 is 23.6. The van der Waals surface area contributed by atoms with Crippen molar-refractivity contribution in [3.8, 4) is 11.5 Å². The summed E-state index contributed by atoms with van der Waals surface area (Å²) in [6.45, 7) is 0.777. The van der Waals surface area contributed by atoms with Crippen molar-refractivity contribution >= 4 is 17.5 Å². The molecule has 0 radical (unpaired) electrons. The van der Waals surface area contributed by atoms with Crippen LogP contribution in [-0.4, -0.2) is 16.8 Å². The number of fused-ring (bicyclic) bond motifs is 1. The molecule has 0 bridgehead atoms. The summed E-state index contributed by atoms with van der Waals surface area (Å²) >= 11 is 0. The average molecular weight is 338 g/mol. The van der Waals surface area contributed by atoms with E-state index in [2.05, 4.69) is 20.6 Å². The first-order valence-electron chi connectivity index (χ1n) is 7.74. The lowest BCUT2D eigenvalue weighted by Gasteiger charge is -2.09. The largest absolute Gasteiger partial charge is 0.454 e. The number of nitrogens with zero attached hydrogens (tertiary/aromatic N) is 2. The Morgan fingerprint density at radius 2 is 1.84 bits per heavy atom. The highest BCUT2D eigenvalue weighted by Gasteiger charge is 2.13. The Hall–Kier alpha value is -3.35. The van der Waals surface area contributed by atoms with E-state index >= 15 is 0 Å². The first kappa shape index (κ1) is 15.2. The van der Waals surface area contributed by atoms with Crippen molar-refractivity contribution in [2.45, 2.75) is 6.54 Å². The lowest BCUT2D eigenvalue weighted by Crippen LogP contribution is -2.04. The minimum Gasteiger partial charge on any atom is -0.454 e. The molecule has 0 fully saturated rings. The molecule has 0 saturated carbocycles. The maximum absolute atomic E-state index is 12.9. The molecule has 2 N–H and O–H groups in total. The van der Waals surface area contributed by atoms with Crippen molar-refractivity contribution in [2.24, 2.45) is 0 Å². The smallest absolute Gasteiger partial charge is 0.231 e. The Balaban J connectivity index is 1.43. The van der Waals surface area contributed by atoms with Gasteiger partial charge in [0, 0.05) is 24.5 Å². The van der Waals surface area contributed by atoms with Gasteiger partial charge in [-0.3, -0.25) is 0 Å². The molecule has 6 nitrogen and oxygen atoms in total. The van der Waals surface area contributed by atoms with Crippen molar-refractivity contribution in [3.63, 3.8) is 0 Å². The van der Waals surface area contributed by atoms with Crippen LogP contribution in [0, 0.1) is 5.82 Å². The molecule has 0 aliphatic carbocycles. The molecule has 1 aliphatic heterocycles. The van der Waals surface area contributed by atoms with E-state index < -0.39 is 0 Å². The highest BCUT2D eigenvalue weighted by molar-refractivity contribution is 5.61. The van der Waals surface area contributed by atoms with Gasteiger partial charge in [-0.05, 0) is 35.9 Å². The number of halogens is 1. The van der Waals surface area contributed by atoms with Crippen LogP contribution in [0.1, 0.15) is 5.56 Å². The number of ether oxygens (including phenoxy) is 2. The zero-order valence-corrected chi connectivity index (χ0v) is 13.2. The maximum Gasteiger partial charge on any atom is 0.231 e. The van der Waals surface area contributed by atoms with Gasteiger partial charge in [0.25, 0.3) is 0 Å². The lowest BCUT2D eigenvalue weighted by molar-refractivity contribution is 0.174. The van der Waals surface area contributed by atoms with Gasteiger partial charge in [0.05, 0.1) is 0 Å². The normalized spacial score (nSPS) is 12.0. The fourth-order valence-electron chi connectivity index (χ4n) is 2.42. The molecule has 0 amide bonds. The molecule has 7 heteroatoms. The van der Waals surface area contributed by atoms with Crippen LogP contribution in [0.3, 0.4) is 0 Å². The lowest BCUT2D eigenvalue weighted by atomic mass is 10.2. The molecule has 126 valence electrons. The van der Waals surface area contributed by atoms with E-state index in [1.165, 1.54) is 12.1 Å². The van der Waals surface area contributed by atoms with Gasteiger partial charge in [-0.1, -0.05) is 12.1 Å². The van der Waals surface area contributed by atoms with Gasteiger partial charge in [-0.2, -0.15) is 4.98 Å². The number of hydrogen-bond acceptors (Lipinski definition) is 6. The Bertz CT molecular complexity index is 886. The number of benzene rings is 2. The van der Waals surface area contributed by atoms with E-state index in [-0.39, 0.29) is 12.6 Å². The third kappa shape index (κ3) is 3.60. The first-order valence-corrected chi connectivity index (χ1v) is 7.74. The van der Waals surface area contributed by atoms with Gasteiger partial charge < -0.3 is 20.1 Å². The van der Waals surface area contributed by atoms with Crippen LogP contribution in [0.2, 0.25) is 0 Å². The summed E-state index contributed by atoms with van der Waals surface area (Å²) in [5, 5.41) is 6.32. The predicted molar refractivity (Wildman–Crippen MR) is 91.6 cm³/mol. The molecular weight excluding hydrogens is 323 g/mol. The Morgan fingerprint density at radius 1 is 1.00 bits per heavy atom. The van der Waals surface area contributed by atoms with Crippen molar-refractivity contribution in [1.29, 1.82) is 0 Å². The zero-order chi connectivity index (χ0) is 17.1. The van der Waals surface area contributed by atoms with E-state index in [4.69, 9.17) is 9.47 Å². The molecule has 0 atom stereocenters. The highest BCUT2D eigenvalue weighted by atomic mass is 19.1. The van der Waals surface area contributed by atoms with E-state index in [0.717, 1.165) is 17.0 Å². The van der Waals surface area contributed by atoms with Crippen LogP contribution in [0.15, 0.2) is 54.7 Å². The molecule has 2 heterocycles. The van der Waals surface area contributed by atoms with Crippen molar-refractivity contribution < 1.29 is 13.9 Å². The van der Waals surface area contributed by atoms with Crippen LogP contribution in [-0.2, 0) is 6.54 Å². The summed E-state index contributed by atoms with van der Waals surface area (Å²) in [5.74, 6) is 2.29. The topological polar surface area (TPSA) is 68.3 Å². The third-order valence-electron chi connectivity index (χ3n) is 3.67. The minimum absolute atomic E-state index is 0.234. The molecule has 1 aromatic heterocycles. The van der Waals surface area contributed by atoms with Crippen LogP contribution in [0.25, 0.3) is 0 Å². The van der Waals surface area contributed by atoms with Crippen LogP contribution >= 0.6 is 0 Å². The number of anilines is 3. The number of rotatable bonds is 5. The minimum atomic E-state index is -0.249. The van der Waals surface area contributed by atoms with E-state index in [1.807, 2.05) is 18.2 Å². The predicted octanol–water partition coefficient (Wildman–Crippen LogP) is 3.70. The summed E-state index contributed by atoms with van der Waals surface area (Å²) in [6.07, 6.45) is 1.66. The molecule has 0 spiro atoms. The van der Waals surface area contributed by atoms with Crippen LogP contribution < -0.4 is 20.1 Å². The molecule has 3 aromatic rings. The van der Waals surface area contributed by atoms with Crippen LogP contribution in [0.4, 0.5) is 21.8 Å². The second-order valence-corrected chi connectivity index (χ2v) is 5.44. The molecule has 1 aliphatic rings. The molecule has 2 aromatic carbocycles. The fourth-order valence-corrected chi connectivity index (χ4v) is 2.42. The van der Waals surface area contributed by atoms with Crippen LogP contribution in [0.5, 0.6) is 11.5 Å². The van der Waals surface area contributed by atoms with Crippen molar-refractivity contribution in [2.75, 3.05) is 17.4 Å². The van der Waals surface area contributed by atoms with Gasteiger partial charge in [-0.25, -0.2) is 9.37 Å². The summed E-state index contributed by atoms with van der Waals surface area (Å²) in [7, 11) is 0. The average Bonchev–Trinajstić information content (AvgIpc) is 3.09. The van der Waals surface area contributed by atoms with E-state index in [1.54, 1.807) is 24.4 Å². The Morgan fingerprint density at radius 3 is 2.72 bits per heavy atom. The Labute approximate surface area is 143 Å². The summed E-state index contributed by atoms with van der Waals surface area (Å²) in [4.78, 5) is 8.63. The molecule has 0 unspecified atom stereocenters. The zero-order valence-electron chi connectivity index (χ0n) is 13.2. The van der Waals surface area contributed by atoms with E-state index in [9.17, 15) is 4.39 Å². The third-order valence-corrected chi connectivity index (χ3v) is 3.67. The Kier molecular flexibility index (Phi) is 4.04. The monoisotopic (exact) mass is 338 g/mol. The molecule has 0 saturated heterocycles. The summed E-state index contributed by atoms with van der Waals surface area (Å²) in [6, 6.07) is 13.6. The molecule has 25 heavy (non-hydrogen) atoms.